The first-order valence-corrected chi connectivity index (χ1v) is 7.92. The monoisotopic (exact) mass is 318 g/mol. The molecule has 1 aliphatic carbocycles. The van der Waals surface area contributed by atoms with E-state index in [1.165, 1.54) is 0 Å². The molecule has 23 heavy (non-hydrogen) atoms. The number of hydrogen-bond donors (Lipinski definition) is 1. The van der Waals surface area contributed by atoms with Crippen molar-refractivity contribution in [2.24, 2.45) is 5.92 Å². The van der Waals surface area contributed by atoms with Crippen molar-refractivity contribution >= 4 is 11.8 Å². The second-order valence-electron chi connectivity index (χ2n) is 6.08. The van der Waals surface area contributed by atoms with E-state index in [2.05, 4.69) is 0 Å². The fourth-order valence-electron chi connectivity index (χ4n) is 3.12. The molecule has 1 fully saturated rings. The maximum Gasteiger partial charge on any atom is 0.339 e. The first kappa shape index (κ1) is 15.7. The maximum atomic E-state index is 12.4. The van der Waals surface area contributed by atoms with Gasteiger partial charge in [0.15, 0.2) is 11.9 Å². The minimum atomic E-state index is -1.07. The predicted octanol–water partition coefficient (Wildman–Crippen LogP) is 3.24. The summed E-state index contributed by atoms with van der Waals surface area (Å²) < 4.78 is 17.5. The first-order valence-electron chi connectivity index (χ1n) is 7.92. The van der Waals surface area contributed by atoms with Crippen LogP contribution in [-0.2, 0) is 14.3 Å². The molecular weight excluding hydrogens is 299 g/mol. The molecule has 0 radical (unpaired) electrons. The molecule has 1 aliphatic heterocycles. The van der Waals surface area contributed by atoms with Crippen molar-refractivity contribution in [1.82, 2.24) is 0 Å². The number of esters is 1. The van der Waals surface area contributed by atoms with E-state index in [0.29, 0.717) is 0 Å². The maximum absolute atomic E-state index is 12.4. The Morgan fingerprint density at radius 3 is 2.52 bits per heavy atom. The summed E-state index contributed by atoms with van der Waals surface area (Å²) in [5, 5.41) is 10.3. The van der Waals surface area contributed by atoms with Gasteiger partial charge in [-0.15, -0.1) is 0 Å². The topological polar surface area (TPSA) is 63.6 Å². The lowest BCUT2D eigenvalue weighted by Gasteiger charge is -2.27. The summed E-state index contributed by atoms with van der Waals surface area (Å²) in [6, 6.07) is 9.37. The van der Waals surface area contributed by atoms with Gasteiger partial charge < -0.3 is 9.84 Å². The number of carbonyl (C=O) groups is 2. The number of aliphatic hydroxyl groups is 1. The summed E-state index contributed by atoms with van der Waals surface area (Å²) in [5.74, 6) is -1.88. The molecule has 0 spiro atoms. The van der Waals surface area contributed by atoms with E-state index in [-0.39, 0.29) is 30.3 Å². The number of cyclic esters (lactones) is 1. The van der Waals surface area contributed by atoms with Crippen LogP contribution in [0.4, 0.5) is 4.39 Å². The van der Waals surface area contributed by atoms with Crippen molar-refractivity contribution in [2.45, 2.75) is 37.7 Å². The van der Waals surface area contributed by atoms with Gasteiger partial charge >= 0.3 is 5.97 Å². The highest BCUT2D eigenvalue weighted by Gasteiger charge is 2.45. The number of halogens is 1. The zero-order chi connectivity index (χ0) is 16.4. The summed E-state index contributed by atoms with van der Waals surface area (Å²) in [7, 11) is 0. The molecule has 0 bridgehead atoms. The third-order valence-electron chi connectivity index (χ3n) is 4.41. The summed E-state index contributed by atoms with van der Waals surface area (Å²) in [5.41, 5.74) is 0.948. The van der Waals surface area contributed by atoms with E-state index in [4.69, 9.17) is 4.74 Å². The van der Waals surface area contributed by atoms with Gasteiger partial charge in [-0.3, -0.25) is 9.18 Å². The average Bonchev–Trinajstić information content (AvgIpc) is 3.39. The number of rotatable bonds is 6. The van der Waals surface area contributed by atoms with Gasteiger partial charge in [-0.05, 0) is 37.2 Å². The molecule has 2 aliphatic rings. The van der Waals surface area contributed by atoms with Crippen molar-refractivity contribution in [3.05, 3.63) is 47.2 Å². The van der Waals surface area contributed by atoms with Crippen LogP contribution in [0.2, 0.25) is 0 Å². The molecule has 0 aromatic heterocycles. The van der Waals surface area contributed by atoms with E-state index in [1.807, 2.05) is 30.3 Å². The highest BCUT2D eigenvalue weighted by Crippen LogP contribution is 2.48. The lowest BCUT2D eigenvalue weighted by molar-refractivity contribution is -0.155. The van der Waals surface area contributed by atoms with Crippen LogP contribution < -0.4 is 0 Å². The van der Waals surface area contributed by atoms with Crippen LogP contribution in [0, 0.1) is 5.92 Å². The smallest absolute Gasteiger partial charge is 0.339 e. The molecule has 3 rings (SSSR count). The van der Waals surface area contributed by atoms with Gasteiger partial charge in [0.2, 0.25) is 5.78 Å². The molecule has 0 amide bonds. The number of alkyl halides is 1. The molecule has 2 atom stereocenters. The molecular formula is C18H19FO4. The van der Waals surface area contributed by atoms with Crippen LogP contribution in [0.1, 0.15) is 37.2 Å². The minimum absolute atomic E-state index is 0.0557. The normalized spacial score (nSPS) is 22.9. The quantitative estimate of drug-likeness (QED) is 0.818. The number of ketones is 1. The number of benzene rings is 1. The van der Waals surface area contributed by atoms with Gasteiger partial charge in [-0.1, -0.05) is 30.3 Å². The molecule has 4 nitrogen and oxygen atoms in total. The Morgan fingerprint density at radius 2 is 1.91 bits per heavy atom. The standard InChI is InChI=1S/C18H19FO4/c19-10-4-7-13-16(20)17(21)15(18(22)23-13)14(12-8-9-12)11-5-2-1-3-6-11/h1-3,5-6,12-14,21H,4,7-10H2. The van der Waals surface area contributed by atoms with E-state index >= 15 is 0 Å². The van der Waals surface area contributed by atoms with Gasteiger partial charge in [-0.2, -0.15) is 0 Å². The van der Waals surface area contributed by atoms with Crippen LogP contribution in [0.15, 0.2) is 41.7 Å². The van der Waals surface area contributed by atoms with E-state index in [0.717, 1.165) is 18.4 Å². The van der Waals surface area contributed by atoms with Crippen LogP contribution in [-0.4, -0.2) is 29.6 Å². The number of hydrogen-bond acceptors (Lipinski definition) is 4. The Hall–Kier alpha value is -2.17. The zero-order valence-corrected chi connectivity index (χ0v) is 12.7. The predicted molar refractivity (Wildman–Crippen MR) is 81.7 cm³/mol. The van der Waals surface area contributed by atoms with Gasteiger partial charge in [0.25, 0.3) is 0 Å². The van der Waals surface area contributed by atoms with Crippen molar-refractivity contribution in [2.75, 3.05) is 6.67 Å². The van der Waals surface area contributed by atoms with Gasteiger partial charge in [0.1, 0.15) is 0 Å². The molecule has 122 valence electrons. The summed E-state index contributed by atoms with van der Waals surface area (Å²) >= 11 is 0. The third kappa shape index (κ3) is 3.14. The van der Waals surface area contributed by atoms with Crippen molar-refractivity contribution in [3.8, 4) is 0 Å². The van der Waals surface area contributed by atoms with Crippen LogP contribution in [0.5, 0.6) is 0 Å². The van der Waals surface area contributed by atoms with E-state index in [1.54, 1.807) is 0 Å². The highest BCUT2D eigenvalue weighted by molar-refractivity contribution is 6.09. The molecule has 1 N–H and O–H groups in total. The first-order chi connectivity index (χ1) is 11.1. The molecule has 1 saturated carbocycles. The third-order valence-corrected chi connectivity index (χ3v) is 4.41. The Balaban J connectivity index is 1.94. The van der Waals surface area contributed by atoms with E-state index < -0.39 is 30.3 Å². The largest absolute Gasteiger partial charge is 0.504 e. The Labute approximate surface area is 134 Å². The lowest BCUT2D eigenvalue weighted by atomic mass is 9.84. The summed E-state index contributed by atoms with van der Waals surface area (Å²) in [6.45, 7) is -0.590. The molecule has 1 aromatic carbocycles. The van der Waals surface area contributed by atoms with Gasteiger partial charge in [0.05, 0.1) is 12.2 Å². The van der Waals surface area contributed by atoms with Crippen molar-refractivity contribution in [3.63, 3.8) is 0 Å². The average molecular weight is 318 g/mol. The lowest BCUT2D eigenvalue weighted by Crippen LogP contribution is -2.37. The molecule has 0 saturated heterocycles. The molecule has 1 heterocycles. The summed E-state index contributed by atoms with van der Waals surface area (Å²) in [4.78, 5) is 24.6. The number of aliphatic hydroxyl groups excluding tert-OH is 1. The van der Waals surface area contributed by atoms with Gasteiger partial charge in [-0.25, -0.2) is 4.79 Å². The van der Waals surface area contributed by atoms with Crippen LogP contribution >= 0.6 is 0 Å². The fraction of sp³-hybridized carbons (Fsp3) is 0.444. The Bertz CT molecular complexity index is 634. The second kappa shape index (κ2) is 6.52. The van der Waals surface area contributed by atoms with Crippen molar-refractivity contribution < 1.29 is 23.8 Å². The molecule has 2 unspecified atom stereocenters. The SMILES string of the molecule is O=C1OC(CCCF)C(=O)C(O)=C1C(c1ccccc1)C1CC1. The highest BCUT2D eigenvalue weighted by atomic mass is 19.1. The van der Waals surface area contributed by atoms with Crippen LogP contribution in [0.3, 0.4) is 0 Å². The second-order valence-corrected chi connectivity index (χ2v) is 6.08. The number of Topliss-reactive ketones (excluding diaryl/α,β-unsaturated/α-hetero) is 1. The number of ether oxygens (including phenoxy) is 1. The van der Waals surface area contributed by atoms with E-state index in [9.17, 15) is 19.1 Å². The Morgan fingerprint density at radius 1 is 1.22 bits per heavy atom. The number of carbonyl (C=O) groups excluding carboxylic acids is 2. The van der Waals surface area contributed by atoms with Crippen molar-refractivity contribution in [1.29, 1.82) is 0 Å². The molecule has 1 aromatic rings. The minimum Gasteiger partial charge on any atom is -0.504 e. The fourth-order valence-corrected chi connectivity index (χ4v) is 3.12. The zero-order valence-electron chi connectivity index (χ0n) is 12.7. The van der Waals surface area contributed by atoms with Gasteiger partial charge in [0, 0.05) is 5.92 Å². The Kier molecular flexibility index (Phi) is 4.46. The molecule has 5 heteroatoms. The summed E-state index contributed by atoms with van der Waals surface area (Å²) in [6.07, 6.45) is 1.04. The van der Waals surface area contributed by atoms with Crippen LogP contribution in [0.25, 0.3) is 0 Å².